The molecule has 92 valence electrons. The molecule has 0 aromatic heterocycles. The van der Waals surface area contributed by atoms with Crippen LogP contribution in [0.4, 0.5) is 0 Å². The van der Waals surface area contributed by atoms with E-state index in [9.17, 15) is 4.79 Å². The summed E-state index contributed by atoms with van der Waals surface area (Å²) in [6.07, 6.45) is 0. The summed E-state index contributed by atoms with van der Waals surface area (Å²) in [7, 11) is 0. The Kier molecular flexibility index (Phi) is 4.57. The first-order valence-corrected chi connectivity index (χ1v) is 8.12. The molecule has 18 heavy (non-hydrogen) atoms. The summed E-state index contributed by atoms with van der Waals surface area (Å²) in [6, 6.07) is 17.6. The van der Waals surface area contributed by atoms with Crippen molar-refractivity contribution >= 4 is 20.9 Å². The van der Waals surface area contributed by atoms with Gasteiger partial charge in [-0.05, 0) is 0 Å². The van der Waals surface area contributed by atoms with Crippen molar-refractivity contribution in [1.29, 1.82) is 0 Å². The van der Waals surface area contributed by atoms with Crippen molar-refractivity contribution in [2.24, 2.45) is 0 Å². The fraction of sp³-hybridized carbons (Fsp3) is 0.133. The summed E-state index contributed by atoms with van der Waals surface area (Å²) in [5, 5.41) is 11.0. The third-order valence-electron chi connectivity index (χ3n) is 2.62. The Morgan fingerprint density at radius 3 is 2.33 bits per heavy atom. The molecular formula is C15H14O2Se. The van der Waals surface area contributed by atoms with Gasteiger partial charge in [-0.1, -0.05) is 0 Å². The Balaban J connectivity index is 1.97. The average Bonchev–Trinajstić information content (AvgIpc) is 2.40. The summed E-state index contributed by atoms with van der Waals surface area (Å²) < 4.78 is 0. The van der Waals surface area contributed by atoms with E-state index in [-0.39, 0.29) is 0 Å². The first-order valence-electron chi connectivity index (χ1n) is 5.70. The van der Waals surface area contributed by atoms with Gasteiger partial charge in [0.2, 0.25) is 0 Å². The van der Waals surface area contributed by atoms with Gasteiger partial charge in [0.25, 0.3) is 0 Å². The van der Waals surface area contributed by atoms with Crippen molar-refractivity contribution in [2.75, 3.05) is 0 Å². The van der Waals surface area contributed by atoms with Gasteiger partial charge in [-0.25, -0.2) is 0 Å². The number of carboxylic acids is 1. The van der Waals surface area contributed by atoms with Crippen LogP contribution in [0.5, 0.6) is 0 Å². The minimum atomic E-state index is -0.832. The Labute approximate surface area is 113 Å². The van der Waals surface area contributed by atoms with E-state index in [0.29, 0.717) is 20.5 Å². The fourth-order valence-electron chi connectivity index (χ4n) is 1.71. The molecule has 2 rings (SSSR count). The van der Waals surface area contributed by atoms with Gasteiger partial charge in [-0.2, -0.15) is 0 Å². The molecule has 0 spiro atoms. The molecular weight excluding hydrogens is 291 g/mol. The topological polar surface area (TPSA) is 37.3 Å². The molecule has 0 atom stereocenters. The zero-order chi connectivity index (χ0) is 12.8. The van der Waals surface area contributed by atoms with Crippen LogP contribution >= 0.6 is 0 Å². The van der Waals surface area contributed by atoms with E-state index < -0.39 is 5.97 Å². The quantitative estimate of drug-likeness (QED) is 0.863. The van der Waals surface area contributed by atoms with Gasteiger partial charge in [-0.3, -0.25) is 0 Å². The molecule has 0 heterocycles. The second kappa shape index (κ2) is 6.39. The van der Waals surface area contributed by atoms with E-state index in [1.54, 1.807) is 12.1 Å². The number of hydrogen-bond donors (Lipinski definition) is 1. The van der Waals surface area contributed by atoms with Crippen LogP contribution in [0.2, 0.25) is 0 Å². The third kappa shape index (κ3) is 3.46. The third-order valence-corrected chi connectivity index (χ3v) is 4.83. The molecule has 0 bridgehead atoms. The van der Waals surface area contributed by atoms with E-state index in [1.165, 1.54) is 5.56 Å². The molecule has 0 fully saturated rings. The van der Waals surface area contributed by atoms with Gasteiger partial charge < -0.3 is 0 Å². The van der Waals surface area contributed by atoms with Crippen molar-refractivity contribution < 1.29 is 9.90 Å². The van der Waals surface area contributed by atoms with Crippen molar-refractivity contribution in [3.05, 3.63) is 71.3 Å². The fourth-order valence-corrected chi connectivity index (χ4v) is 3.81. The Morgan fingerprint density at radius 1 is 0.944 bits per heavy atom. The van der Waals surface area contributed by atoms with Crippen molar-refractivity contribution in [3.63, 3.8) is 0 Å². The predicted molar refractivity (Wildman–Crippen MR) is 73.0 cm³/mol. The molecule has 0 amide bonds. The summed E-state index contributed by atoms with van der Waals surface area (Å²) >= 11 is 0.396. The van der Waals surface area contributed by atoms with Crippen LogP contribution in [0.25, 0.3) is 0 Å². The molecule has 0 saturated heterocycles. The van der Waals surface area contributed by atoms with Crippen LogP contribution in [0.1, 0.15) is 21.5 Å². The summed E-state index contributed by atoms with van der Waals surface area (Å²) in [5.74, 6) is -0.832. The second-order valence-corrected chi connectivity index (χ2v) is 6.01. The van der Waals surface area contributed by atoms with Crippen LogP contribution < -0.4 is 0 Å². The molecule has 0 aliphatic rings. The van der Waals surface area contributed by atoms with Gasteiger partial charge in [0.05, 0.1) is 0 Å². The average molecular weight is 305 g/mol. The van der Waals surface area contributed by atoms with Crippen molar-refractivity contribution in [1.82, 2.24) is 0 Å². The first-order chi connectivity index (χ1) is 8.77. The van der Waals surface area contributed by atoms with Crippen LogP contribution in [-0.2, 0) is 10.6 Å². The molecule has 1 N–H and O–H groups in total. The summed E-state index contributed by atoms with van der Waals surface area (Å²) in [5.41, 5.74) is 2.71. The number of rotatable bonds is 5. The minimum absolute atomic E-state index is 0.396. The monoisotopic (exact) mass is 306 g/mol. The van der Waals surface area contributed by atoms with E-state index in [4.69, 9.17) is 5.11 Å². The standard InChI is InChI=1S/C15H14O2Se/c16-15(17)14-9-5-4-8-13(14)11-18-10-12-6-2-1-3-7-12/h1-9H,10-11H2,(H,16,17). The molecule has 0 unspecified atom stereocenters. The van der Waals surface area contributed by atoms with Gasteiger partial charge in [0, 0.05) is 0 Å². The summed E-state index contributed by atoms with van der Waals surface area (Å²) in [6.45, 7) is 0. The molecule has 0 radical (unpaired) electrons. The maximum absolute atomic E-state index is 11.1. The maximum atomic E-state index is 11.1. The van der Waals surface area contributed by atoms with Crippen LogP contribution in [0.15, 0.2) is 54.6 Å². The molecule has 2 aromatic carbocycles. The molecule has 3 heteroatoms. The van der Waals surface area contributed by atoms with Gasteiger partial charge >= 0.3 is 113 Å². The molecule has 0 aliphatic heterocycles. The van der Waals surface area contributed by atoms with E-state index >= 15 is 0 Å². The Bertz CT molecular complexity index is 523. The molecule has 0 aliphatic carbocycles. The summed E-state index contributed by atoms with van der Waals surface area (Å²) in [4.78, 5) is 11.1. The molecule has 2 aromatic rings. The van der Waals surface area contributed by atoms with Gasteiger partial charge in [0.1, 0.15) is 0 Å². The number of carbonyl (C=O) groups is 1. The zero-order valence-corrected chi connectivity index (χ0v) is 11.6. The van der Waals surface area contributed by atoms with Crippen LogP contribution in [0.3, 0.4) is 0 Å². The van der Waals surface area contributed by atoms with Gasteiger partial charge in [0.15, 0.2) is 0 Å². The zero-order valence-electron chi connectivity index (χ0n) is 9.87. The normalized spacial score (nSPS) is 10.2. The van der Waals surface area contributed by atoms with E-state index in [1.807, 2.05) is 30.3 Å². The molecule has 0 saturated carbocycles. The van der Waals surface area contributed by atoms with E-state index in [2.05, 4.69) is 12.1 Å². The number of carboxylic acid groups (broad SMARTS) is 1. The van der Waals surface area contributed by atoms with Crippen molar-refractivity contribution in [3.8, 4) is 0 Å². The Hall–Kier alpha value is -1.57. The SMILES string of the molecule is O=C(O)c1ccccc1C[Se]Cc1ccccc1. The number of hydrogen-bond acceptors (Lipinski definition) is 1. The predicted octanol–water partition coefficient (Wildman–Crippen LogP) is 2.79. The Morgan fingerprint density at radius 2 is 1.61 bits per heavy atom. The second-order valence-electron chi connectivity index (χ2n) is 3.94. The van der Waals surface area contributed by atoms with Crippen LogP contribution in [0, 0.1) is 0 Å². The number of aromatic carboxylic acids is 1. The van der Waals surface area contributed by atoms with Gasteiger partial charge in [-0.15, -0.1) is 0 Å². The first kappa shape index (κ1) is 12.9. The van der Waals surface area contributed by atoms with Crippen LogP contribution in [-0.4, -0.2) is 26.0 Å². The van der Waals surface area contributed by atoms with E-state index in [0.717, 1.165) is 16.2 Å². The van der Waals surface area contributed by atoms with Crippen molar-refractivity contribution in [2.45, 2.75) is 10.6 Å². The molecule has 2 nitrogen and oxygen atoms in total. The number of benzene rings is 2.